The van der Waals surface area contributed by atoms with Gasteiger partial charge in [-0.1, -0.05) is 49.6 Å². The predicted molar refractivity (Wildman–Crippen MR) is 133 cm³/mol. The Balaban J connectivity index is 1.94. The summed E-state index contributed by atoms with van der Waals surface area (Å²) in [4.78, 5) is 27.6. The summed E-state index contributed by atoms with van der Waals surface area (Å²) in [5.74, 6) is -0.798. The number of ketones is 1. The van der Waals surface area contributed by atoms with E-state index >= 15 is 0 Å². The van der Waals surface area contributed by atoms with Crippen molar-refractivity contribution in [2.75, 3.05) is 19.8 Å². The summed E-state index contributed by atoms with van der Waals surface area (Å²) in [6, 6.07) is 14.0. The van der Waals surface area contributed by atoms with Crippen molar-refractivity contribution in [2.24, 2.45) is 0 Å². The van der Waals surface area contributed by atoms with Crippen LogP contribution in [0.2, 0.25) is 0 Å². The number of unbranched alkanes of at least 4 members (excludes halogenated alkanes) is 2. The summed E-state index contributed by atoms with van der Waals surface area (Å²) in [6.07, 6.45) is 3.23. The molecule has 1 heterocycles. The fourth-order valence-electron chi connectivity index (χ4n) is 4.09. The molecule has 0 aromatic heterocycles. The SMILES string of the molecule is CCCCCOc1ccc(/C(O)=C2/C(=O)C(=O)N(CCOC(C)C)C2c2cccc(C)c2)cc1. The number of nitrogens with zero attached hydrogens (tertiary/aromatic N) is 1. The number of aliphatic hydroxyl groups excluding tert-OH is 1. The maximum absolute atomic E-state index is 13.1. The number of benzene rings is 2. The van der Waals surface area contributed by atoms with Crippen LogP contribution in [0.4, 0.5) is 0 Å². The zero-order valence-corrected chi connectivity index (χ0v) is 20.5. The van der Waals surface area contributed by atoms with Crippen molar-refractivity contribution in [3.05, 3.63) is 70.8 Å². The number of likely N-dealkylation sites (tertiary alicyclic amines) is 1. The van der Waals surface area contributed by atoms with Gasteiger partial charge >= 0.3 is 0 Å². The number of Topliss-reactive ketones (excluding diaryl/α,β-unsaturated/α-hetero) is 1. The second-order valence-corrected chi connectivity index (χ2v) is 8.91. The van der Waals surface area contributed by atoms with E-state index in [0.29, 0.717) is 24.5 Å². The minimum atomic E-state index is -0.687. The highest BCUT2D eigenvalue weighted by Gasteiger charge is 2.45. The molecule has 2 aromatic rings. The van der Waals surface area contributed by atoms with E-state index in [1.807, 2.05) is 45.0 Å². The fourth-order valence-corrected chi connectivity index (χ4v) is 4.09. The predicted octanol–water partition coefficient (Wildman–Crippen LogP) is 5.41. The monoisotopic (exact) mass is 465 g/mol. The van der Waals surface area contributed by atoms with Gasteiger partial charge in [-0.15, -0.1) is 0 Å². The highest BCUT2D eigenvalue weighted by Crippen LogP contribution is 2.39. The number of hydrogen-bond donors (Lipinski definition) is 1. The Kier molecular flexibility index (Phi) is 8.88. The lowest BCUT2D eigenvalue weighted by Crippen LogP contribution is -2.33. The van der Waals surface area contributed by atoms with Crippen LogP contribution in [0.3, 0.4) is 0 Å². The zero-order chi connectivity index (χ0) is 24.7. The highest BCUT2D eigenvalue weighted by molar-refractivity contribution is 6.46. The first-order chi connectivity index (χ1) is 16.3. The molecule has 3 rings (SSSR count). The van der Waals surface area contributed by atoms with E-state index in [4.69, 9.17) is 9.47 Å². The molecule has 0 spiro atoms. The number of rotatable bonds is 11. The van der Waals surface area contributed by atoms with Crippen LogP contribution in [-0.4, -0.2) is 47.6 Å². The summed E-state index contributed by atoms with van der Waals surface area (Å²) >= 11 is 0. The molecule has 0 saturated carbocycles. The largest absolute Gasteiger partial charge is 0.507 e. The second-order valence-electron chi connectivity index (χ2n) is 8.91. The molecular weight excluding hydrogens is 430 g/mol. The van der Waals surface area contributed by atoms with E-state index < -0.39 is 17.7 Å². The van der Waals surface area contributed by atoms with Gasteiger partial charge in [0.05, 0.1) is 30.9 Å². The summed E-state index contributed by atoms with van der Waals surface area (Å²) in [5.41, 5.74) is 2.35. The van der Waals surface area contributed by atoms with Gasteiger partial charge in [-0.2, -0.15) is 0 Å². The number of hydrogen-bond acceptors (Lipinski definition) is 5. The van der Waals surface area contributed by atoms with Gasteiger partial charge in [-0.05, 0) is 57.0 Å². The molecular formula is C28H35NO5. The first-order valence-corrected chi connectivity index (χ1v) is 12.0. The topological polar surface area (TPSA) is 76.1 Å². The zero-order valence-electron chi connectivity index (χ0n) is 20.5. The number of amides is 1. The van der Waals surface area contributed by atoms with Crippen molar-refractivity contribution in [1.29, 1.82) is 0 Å². The van der Waals surface area contributed by atoms with E-state index in [1.54, 1.807) is 24.3 Å². The minimum Gasteiger partial charge on any atom is -0.507 e. The third-order valence-electron chi connectivity index (χ3n) is 5.83. The maximum atomic E-state index is 13.1. The third kappa shape index (κ3) is 6.06. The van der Waals surface area contributed by atoms with Crippen LogP contribution in [-0.2, 0) is 14.3 Å². The second kappa shape index (κ2) is 11.8. The number of carbonyl (C=O) groups is 2. The number of carbonyl (C=O) groups excluding carboxylic acids is 2. The molecule has 2 aromatic carbocycles. The molecule has 0 radical (unpaired) electrons. The summed E-state index contributed by atoms with van der Waals surface area (Å²) in [6.45, 7) is 9.13. The molecule has 1 aliphatic heterocycles. The quantitative estimate of drug-likeness (QED) is 0.208. The molecule has 182 valence electrons. The number of aliphatic hydroxyl groups is 1. The number of ether oxygens (including phenoxy) is 2. The molecule has 6 heteroatoms. The standard InChI is InChI=1S/C28H35NO5/c1-5-6-7-16-34-23-13-11-21(12-14-23)26(30)24-25(22-10-8-9-20(4)18-22)29(28(32)27(24)31)15-17-33-19(2)3/h8-14,18-19,25,30H,5-7,15-17H2,1-4H3/b26-24-. The third-order valence-corrected chi connectivity index (χ3v) is 5.83. The molecule has 34 heavy (non-hydrogen) atoms. The molecule has 1 saturated heterocycles. The lowest BCUT2D eigenvalue weighted by molar-refractivity contribution is -0.140. The Morgan fingerprint density at radius 1 is 1.06 bits per heavy atom. The van der Waals surface area contributed by atoms with Gasteiger partial charge in [0.15, 0.2) is 0 Å². The fraction of sp³-hybridized carbons (Fsp3) is 0.429. The molecule has 1 N–H and O–H groups in total. The van der Waals surface area contributed by atoms with E-state index in [1.165, 1.54) is 4.90 Å². The molecule has 0 aliphatic carbocycles. The molecule has 1 unspecified atom stereocenters. The Bertz CT molecular complexity index is 1030. The van der Waals surface area contributed by atoms with Gasteiger partial charge in [0.1, 0.15) is 11.5 Å². The first-order valence-electron chi connectivity index (χ1n) is 12.0. The maximum Gasteiger partial charge on any atom is 0.295 e. The molecule has 1 atom stereocenters. The van der Waals surface area contributed by atoms with Crippen LogP contribution in [0.1, 0.15) is 62.8 Å². The normalized spacial score (nSPS) is 17.6. The molecule has 1 amide bonds. The van der Waals surface area contributed by atoms with Gasteiger partial charge < -0.3 is 19.5 Å². The van der Waals surface area contributed by atoms with Crippen LogP contribution >= 0.6 is 0 Å². The molecule has 0 bridgehead atoms. The van der Waals surface area contributed by atoms with Crippen molar-refractivity contribution in [3.8, 4) is 5.75 Å². The Morgan fingerprint density at radius 3 is 2.44 bits per heavy atom. The Hall–Kier alpha value is -3.12. The molecule has 1 fully saturated rings. The van der Waals surface area contributed by atoms with Crippen LogP contribution in [0, 0.1) is 6.92 Å². The number of aryl methyl sites for hydroxylation is 1. The summed E-state index contributed by atoms with van der Waals surface area (Å²) in [7, 11) is 0. The van der Waals surface area contributed by atoms with Gasteiger partial charge in [-0.3, -0.25) is 9.59 Å². The van der Waals surface area contributed by atoms with Crippen molar-refractivity contribution < 1.29 is 24.2 Å². The van der Waals surface area contributed by atoms with Crippen molar-refractivity contribution >= 4 is 17.4 Å². The lowest BCUT2D eigenvalue weighted by atomic mass is 9.94. The van der Waals surface area contributed by atoms with Gasteiger partial charge in [0.2, 0.25) is 0 Å². The van der Waals surface area contributed by atoms with Crippen LogP contribution in [0.5, 0.6) is 5.75 Å². The van der Waals surface area contributed by atoms with E-state index in [-0.39, 0.29) is 24.0 Å². The summed E-state index contributed by atoms with van der Waals surface area (Å²) < 4.78 is 11.4. The van der Waals surface area contributed by atoms with Crippen LogP contribution in [0.25, 0.3) is 5.76 Å². The average molecular weight is 466 g/mol. The average Bonchev–Trinajstić information content (AvgIpc) is 3.06. The minimum absolute atomic E-state index is 0.0111. The summed E-state index contributed by atoms with van der Waals surface area (Å²) in [5, 5.41) is 11.2. The lowest BCUT2D eigenvalue weighted by Gasteiger charge is -2.26. The van der Waals surface area contributed by atoms with E-state index in [2.05, 4.69) is 6.92 Å². The smallest absolute Gasteiger partial charge is 0.295 e. The van der Waals surface area contributed by atoms with Crippen molar-refractivity contribution in [2.45, 2.75) is 59.1 Å². The van der Waals surface area contributed by atoms with Crippen LogP contribution < -0.4 is 4.74 Å². The van der Waals surface area contributed by atoms with Crippen molar-refractivity contribution in [1.82, 2.24) is 4.90 Å². The first kappa shape index (κ1) is 25.5. The Labute approximate surface area is 202 Å². The van der Waals surface area contributed by atoms with Crippen molar-refractivity contribution in [3.63, 3.8) is 0 Å². The van der Waals surface area contributed by atoms with Gasteiger partial charge in [0, 0.05) is 12.1 Å². The molecule has 1 aliphatic rings. The van der Waals surface area contributed by atoms with Gasteiger partial charge in [0.25, 0.3) is 11.7 Å². The Morgan fingerprint density at radius 2 is 1.79 bits per heavy atom. The highest BCUT2D eigenvalue weighted by atomic mass is 16.5. The van der Waals surface area contributed by atoms with E-state index in [9.17, 15) is 14.7 Å². The molecule has 6 nitrogen and oxygen atoms in total. The van der Waals surface area contributed by atoms with Gasteiger partial charge in [-0.25, -0.2) is 0 Å². The van der Waals surface area contributed by atoms with Crippen LogP contribution in [0.15, 0.2) is 54.1 Å². The van der Waals surface area contributed by atoms with E-state index in [0.717, 1.165) is 30.4 Å².